The fourth-order valence-electron chi connectivity index (χ4n) is 3.81. The zero-order chi connectivity index (χ0) is 18.6. The molecule has 1 saturated heterocycles. The van der Waals surface area contributed by atoms with E-state index in [0.717, 1.165) is 37.2 Å². The third kappa shape index (κ3) is 3.94. The molecule has 1 N–H and O–H groups in total. The van der Waals surface area contributed by atoms with Gasteiger partial charge in [-0.2, -0.15) is 10.2 Å². The van der Waals surface area contributed by atoms with E-state index >= 15 is 0 Å². The number of hydrogen-bond donors (Lipinski definition) is 1. The number of rotatable bonds is 5. The van der Waals surface area contributed by atoms with E-state index in [1.807, 2.05) is 28.0 Å². The summed E-state index contributed by atoms with van der Waals surface area (Å²) < 4.78 is 1.81. The van der Waals surface area contributed by atoms with Crippen LogP contribution in [0.1, 0.15) is 36.4 Å². The summed E-state index contributed by atoms with van der Waals surface area (Å²) in [5, 5.41) is 11.7. The molecule has 6 heteroatoms. The highest BCUT2D eigenvalue weighted by atomic mass is 16.2. The van der Waals surface area contributed by atoms with E-state index in [1.54, 1.807) is 6.20 Å². The maximum atomic E-state index is 12.7. The molecule has 0 aliphatic carbocycles. The quantitative estimate of drug-likeness (QED) is 0.756. The number of H-pyrrole nitrogens is 1. The molecule has 4 rings (SSSR count). The second-order valence-corrected chi connectivity index (χ2v) is 7.26. The van der Waals surface area contributed by atoms with Gasteiger partial charge >= 0.3 is 0 Å². The van der Waals surface area contributed by atoms with Gasteiger partial charge in [-0.25, -0.2) is 0 Å². The van der Waals surface area contributed by atoms with Gasteiger partial charge in [-0.05, 0) is 31.4 Å². The van der Waals surface area contributed by atoms with Crippen molar-refractivity contribution in [3.05, 3.63) is 60.2 Å². The molecule has 0 radical (unpaired) electrons. The second-order valence-electron chi connectivity index (χ2n) is 7.26. The minimum absolute atomic E-state index is 0.201. The zero-order valence-electron chi connectivity index (χ0n) is 15.6. The number of piperidine rings is 1. The first kappa shape index (κ1) is 17.5. The average molecular weight is 363 g/mol. The molecule has 0 bridgehead atoms. The largest absolute Gasteiger partial charge is 0.342 e. The van der Waals surface area contributed by atoms with Crippen molar-refractivity contribution < 1.29 is 4.79 Å². The number of benzene rings is 1. The topological polar surface area (TPSA) is 66.8 Å². The van der Waals surface area contributed by atoms with Crippen molar-refractivity contribution >= 4 is 5.91 Å². The Morgan fingerprint density at radius 2 is 2.15 bits per heavy atom. The van der Waals surface area contributed by atoms with Crippen LogP contribution in [0.3, 0.4) is 0 Å². The Kier molecular flexibility index (Phi) is 5.05. The summed E-state index contributed by atoms with van der Waals surface area (Å²) in [5.41, 5.74) is 4.70. The molecular formula is C21H25N5O. The molecule has 1 fully saturated rings. The fraction of sp³-hybridized carbons (Fsp3) is 0.381. The number of amides is 1. The van der Waals surface area contributed by atoms with Crippen molar-refractivity contribution in [2.75, 3.05) is 13.1 Å². The molecule has 27 heavy (non-hydrogen) atoms. The van der Waals surface area contributed by atoms with E-state index in [0.29, 0.717) is 18.9 Å². The molecule has 6 nitrogen and oxygen atoms in total. The number of aryl methyl sites for hydroxylation is 2. The Bertz CT molecular complexity index is 882. The summed E-state index contributed by atoms with van der Waals surface area (Å²) in [6.45, 7) is 4.31. The SMILES string of the molecule is Cc1ccc(-c2cn[nH]c2C2CCCN(C(=O)CCn3cccn3)C2)cc1. The lowest BCUT2D eigenvalue weighted by atomic mass is 9.90. The first-order valence-corrected chi connectivity index (χ1v) is 9.56. The number of nitrogens with one attached hydrogen (secondary N) is 1. The predicted molar refractivity (Wildman–Crippen MR) is 104 cm³/mol. The van der Waals surface area contributed by atoms with Crippen molar-refractivity contribution in [3.8, 4) is 11.1 Å². The van der Waals surface area contributed by atoms with E-state index in [4.69, 9.17) is 0 Å². The van der Waals surface area contributed by atoms with Gasteiger partial charge in [-0.1, -0.05) is 29.8 Å². The van der Waals surface area contributed by atoms with Crippen LogP contribution in [0.4, 0.5) is 0 Å². The number of carbonyl (C=O) groups is 1. The standard InChI is InChI=1S/C21H25N5O/c1-16-5-7-17(8-6-16)19-14-22-24-21(19)18-4-2-11-25(15-18)20(27)9-13-26-12-3-10-23-26/h3,5-8,10,12,14,18H,2,4,9,11,13,15H2,1H3,(H,22,24). The van der Waals surface area contributed by atoms with Crippen molar-refractivity contribution in [3.63, 3.8) is 0 Å². The van der Waals surface area contributed by atoms with Gasteiger partial charge in [0.05, 0.1) is 6.20 Å². The molecule has 1 amide bonds. The number of aromatic nitrogens is 4. The van der Waals surface area contributed by atoms with Crippen LogP contribution < -0.4 is 0 Å². The van der Waals surface area contributed by atoms with E-state index in [1.165, 1.54) is 11.1 Å². The average Bonchev–Trinajstić information content (AvgIpc) is 3.39. The molecule has 1 aliphatic heterocycles. The maximum Gasteiger partial charge on any atom is 0.224 e. The van der Waals surface area contributed by atoms with Crippen LogP contribution in [0.2, 0.25) is 0 Å². The molecule has 140 valence electrons. The lowest BCUT2D eigenvalue weighted by molar-refractivity contribution is -0.132. The highest BCUT2D eigenvalue weighted by Crippen LogP contribution is 2.33. The van der Waals surface area contributed by atoms with E-state index < -0.39 is 0 Å². The number of hydrogen-bond acceptors (Lipinski definition) is 3. The molecule has 1 atom stereocenters. The van der Waals surface area contributed by atoms with Gasteiger partial charge in [0.1, 0.15) is 0 Å². The molecule has 1 aliphatic rings. The van der Waals surface area contributed by atoms with Crippen LogP contribution in [-0.2, 0) is 11.3 Å². The Morgan fingerprint density at radius 3 is 2.93 bits per heavy atom. The van der Waals surface area contributed by atoms with Crippen LogP contribution >= 0.6 is 0 Å². The number of nitrogens with zero attached hydrogens (tertiary/aromatic N) is 4. The minimum atomic E-state index is 0.201. The first-order chi connectivity index (χ1) is 13.2. The Labute approximate surface area is 159 Å². The Morgan fingerprint density at radius 1 is 1.30 bits per heavy atom. The minimum Gasteiger partial charge on any atom is -0.342 e. The van der Waals surface area contributed by atoms with Crippen molar-refractivity contribution in [2.45, 2.75) is 38.6 Å². The third-order valence-corrected chi connectivity index (χ3v) is 5.33. The smallest absolute Gasteiger partial charge is 0.224 e. The highest BCUT2D eigenvalue weighted by Gasteiger charge is 2.27. The van der Waals surface area contributed by atoms with Gasteiger partial charge < -0.3 is 4.90 Å². The summed E-state index contributed by atoms with van der Waals surface area (Å²) >= 11 is 0. The third-order valence-electron chi connectivity index (χ3n) is 5.33. The lowest BCUT2D eigenvalue weighted by Gasteiger charge is -2.33. The summed E-state index contributed by atoms with van der Waals surface area (Å²) in [6, 6.07) is 10.4. The summed E-state index contributed by atoms with van der Waals surface area (Å²) in [6.07, 6.45) is 8.12. The molecule has 3 aromatic rings. The first-order valence-electron chi connectivity index (χ1n) is 9.56. The van der Waals surface area contributed by atoms with Crippen LogP contribution in [-0.4, -0.2) is 43.9 Å². The van der Waals surface area contributed by atoms with Crippen molar-refractivity contribution in [1.29, 1.82) is 0 Å². The van der Waals surface area contributed by atoms with Crippen molar-refractivity contribution in [1.82, 2.24) is 24.9 Å². The molecule has 3 heterocycles. The Balaban J connectivity index is 1.45. The van der Waals surface area contributed by atoms with Gasteiger partial charge in [0.25, 0.3) is 0 Å². The van der Waals surface area contributed by atoms with Crippen LogP contribution in [0, 0.1) is 6.92 Å². The predicted octanol–water partition coefficient (Wildman–Crippen LogP) is 3.38. The lowest BCUT2D eigenvalue weighted by Crippen LogP contribution is -2.39. The number of likely N-dealkylation sites (tertiary alicyclic amines) is 1. The molecule has 0 saturated carbocycles. The van der Waals surface area contributed by atoms with Crippen LogP contribution in [0.15, 0.2) is 48.9 Å². The highest BCUT2D eigenvalue weighted by molar-refractivity contribution is 5.76. The van der Waals surface area contributed by atoms with E-state index in [9.17, 15) is 4.79 Å². The maximum absolute atomic E-state index is 12.7. The van der Waals surface area contributed by atoms with E-state index in [-0.39, 0.29) is 5.91 Å². The number of aromatic amines is 1. The van der Waals surface area contributed by atoms with Crippen LogP contribution in [0.25, 0.3) is 11.1 Å². The molecular weight excluding hydrogens is 338 g/mol. The van der Waals surface area contributed by atoms with E-state index in [2.05, 4.69) is 46.5 Å². The molecule has 1 unspecified atom stereocenters. The second kappa shape index (κ2) is 7.78. The van der Waals surface area contributed by atoms with Gasteiger partial charge in [-0.15, -0.1) is 0 Å². The van der Waals surface area contributed by atoms with Gasteiger partial charge in [0.15, 0.2) is 0 Å². The van der Waals surface area contributed by atoms with Crippen LogP contribution in [0.5, 0.6) is 0 Å². The van der Waals surface area contributed by atoms with Crippen molar-refractivity contribution in [2.24, 2.45) is 0 Å². The normalized spacial score (nSPS) is 17.2. The molecule has 0 spiro atoms. The summed E-state index contributed by atoms with van der Waals surface area (Å²) in [7, 11) is 0. The van der Waals surface area contributed by atoms with Gasteiger partial charge in [-0.3, -0.25) is 14.6 Å². The van der Waals surface area contributed by atoms with Gasteiger partial charge in [0, 0.05) is 55.6 Å². The fourth-order valence-corrected chi connectivity index (χ4v) is 3.81. The Hall–Kier alpha value is -2.89. The zero-order valence-corrected chi connectivity index (χ0v) is 15.6. The summed E-state index contributed by atoms with van der Waals surface area (Å²) in [5.74, 6) is 0.498. The number of carbonyl (C=O) groups excluding carboxylic acids is 1. The van der Waals surface area contributed by atoms with Gasteiger partial charge in [0.2, 0.25) is 5.91 Å². The monoisotopic (exact) mass is 363 g/mol. The summed E-state index contributed by atoms with van der Waals surface area (Å²) in [4.78, 5) is 14.7. The molecule has 2 aromatic heterocycles. The molecule has 1 aromatic carbocycles.